The summed E-state index contributed by atoms with van der Waals surface area (Å²) >= 11 is 0. The summed E-state index contributed by atoms with van der Waals surface area (Å²) < 4.78 is 0. The van der Waals surface area contributed by atoms with E-state index in [1.807, 2.05) is 0 Å². The number of rotatable bonds is 4. The van der Waals surface area contributed by atoms with E-state index in [4.69, 9.17) is 10.5 Å². The molecule has 0 aliphatic heterocycles. The third-order valence-electron chi connectivity index (χ3n) is 0.179. The quantitative estimate of drug-likeness (QED) is 0.226. The smallest absolute Gasteiger partial charge is 0.217 e. The van der Waals surface area contributed by atoms with E-state index in [-0.39, 0.29) is 0 Å². The van der Waals surface area contributed by atoms with E-state index in [0.717, 1.165) is 0 Å². The van der Waals surface area contributed by atoms with Crippen molar-refractivity contribution in [3.8, 4) is 0 Å². The highest BCUT2D eigenvalue weighted by Gasteiger charge is 1.81. The van der Waals surface area contributed by atoms with Gasteiger partial charge in [-0.1, -0.05) is 0 Å². The van der Waals surface area contributed by atoms with Crippen LogP contribution in [0.25, 0.3) is 0 Å². The van der Waals surface area contributed by atoms with Crippen LogP contribution in [0.15, 0.2) is 0 Å². The summed E-state index contributed by atoms with van der Waals surface area (Å²) in [6, 6.07) is 0. The van der Waals surface area contributed by atoms with Crippen molar-refractivity contribution >= 4 is 0 Å². The Bertz CT molecular complexity index is 23.4. The lowest BCUT2D eigenvalue weighted by molar-refractivity contribution is -0.638. The zero-order chi connectivity index (χ0) is 5.54. The second-order valence-electron chi connectivity index (χ2n) is 0.507. The monoisotopic (exact) mass is 112 g/mol. The molecule has 0 radical (unpaired) electrons. The molecule has 0 bridgehead atoms. The lowest BCUT2D eigenvalue weighted by atomic mass is 11.5. The van der Waals surface area contributed by atoms with Crippen molar-refractivity contribution in [1.29, 1.82) is 0 Å². The minimum atomic E-state index is -0.527. The van der Waals surface area contributed by atoms with E-state index in [0.29, 0.717) is 0 Å². The van der Waals surface area contributed by atoms with Gasteiger partial charge in [0.2, 0.25) is 6.79 Å². The topological polar surface area (TPSA) is 77.4 Å². The molecular weight excluding hydrogens is 108 g/mol. The molecule has 44 valence electrons. The van der Waals surface area contributed by atoms with Crippen molar-refractivity contribution in [3.63, 3.8) is 0 Å². The van der Waals surface area contributed by atoms with Gasteiger partial charge in [0, 0.05) is 0 Å². The first kappa shape index (κ1) is 6.76. The van der Waals surface area contributed by atoms with Gasteiger partial charge in [-0.3, -0.25) is 0 Å². The van der Waals surface area contributed by atoms with Crippen molar-refractivity contribution < 1.29 is 30.4 Å². The van der Waals surface area contributed by atoms with Crippen LogP contribution in [0.3, 0.4) is 0 Å². The van der Waals surface area contributed by atoms with Gasteiger partial charge in [0.15, 0.2) is 0 Å². The van der Waals surface area contributed by atoms with Crippen LogP contribution < -0.4 is 0 Å². The molecule has 0 aromatic rings. The van der Waals surface area contributed by atoms with E-state index in [2.05, 4.69) is 19.9 Å². The van der Waals surface area contributed by atoms with Gasteiger partial charge in [0.05, 0.1) is 0 Å². The normalized spacial score (nSPS) is 9.43. The Balaban J connectivity index is 2.45. The molecule has 0 atom stereocenters. The molecule has 0 aromatic carbocycles. The van der Waals surface area contributed by atoms with Crippen LogP contribution in [-0.4, -0.2) is 17.3 Å². The summed E-state index contributed by atoms with van der Waals surface area (Å²) in [4.78, 5) is 6.99. The maximum Gasteiger partial charge on any atom is 0.217 e. The third kappa shape index (κ3) is 5.76. The van der Waals surface area contributed by atoms with Crippen LogP contribution in [0.2, 0.25) is 0 Å². The van der Waals surface area contributed by atoms with E-state index in [9.17, 15) is 0 Å². The van der Waals surface area contributed by atoms with Crippen molar-refractivity contribution in [1.82, 2.24) is 0 Å². The second kappa shape index (κ2) is 5.76. The van der Waals surface area contributed by atoms with E-state index >= 15 is 0 Å². The minimum Gasteiger partial charge on any atom is -0.249 e. The summed E-state index contributed by atoms with van der Waals surface area (Å²) in [5, 5.41) is 21.0. The number of hydrogen-bond acceptors (Lipinski definition) is 6. The summed E-state index contributed by atoms with van der Waals surface area (Å²) in [6.07, 6.45) is 0. The Morgan fingerprint density at radius 1 is 1.29 bits per heavy atom. The maximum absolute atomic E-state index is 7.45. The van der Waals surface area contributed by atoms with E-state index < -0.39 is 6.79 Å². The van der Waals surface area contributed by atoms with Crippen LogP contribution in [-0.2, 0) is 19.9 Å². The average Bonchev–Trinajstić information content (AvgIpc) is 1.69. The average molecular weight is 112 g/mol. The van der Waals surface area contributed by atoms with Crippen molar-refractivity contribution in [2.45, 2.75) is 0 Å². The highest BCUT2D eigenvalue weighted by atomic mass is 17.7. The molecule has 6 nitrogen and oxygen atoms in total. The zero-order valence-corrected chi connectivity index (χ0v) is 3.23. The predicted octanol–water partition coefficient (Wildman–Crippen LogP) is -0.214. The minimum absolute atomic E-state index is 0.527. The van der Waals surface area contributed by atoms with Gasteiger partial charge in [0.1, 0.15) is 0 Å². The predicted molar refractivity (Wildman–Crippen MR) is 14.5 cm³/mol. The first-order valence-electron chi connectivity index (χ1n) is 1.28. The van der Waals surface area contributed by atoms with Crippen molar-refractivity contribution in [2.75, 3.05) is 6.79 Å². The molecule has 0 aliphatic rings. The Hall–Kier alpha value is -0.240. The molecule has 0 saturated heterocycles. The molecule has 2 N–H and O–H groups in total. The molecule has 0 aliphatic carbocycles. The molecule has 0 aromatic heterocycles. The van der Waals surface area contributed by atoms with Crippen LogP contribution in [0, 0.1) is 0 Å². The van der Waals surface area contributed by atoms with Gasteiger partial charge >= 0.3 is 0 Å². The molecule has 0 saturated carbocycles. The fourth-order valence-electron chi connectivity index (χ4n) is 0.0627. The molecule has 0 spiro atoms. The highest BCUT2D eigenvalue weighted by Crippen LogP contribution is 1.74. The van der Waals surface area contributed by atoms with Gasteiger partial charge in [-0.25, -0.2) is 15.4 Å². The Labute approximate surface area is 38.5 Å². The molecule has 0 heterocycles. The Kier molecular flexibility index (Phi) is 5.56. The summed E-state index contributed by atoms with van der Waals surface area (Å²) in [7, 11) is 0. The van der Waals surface area contributed by atoms with Crippen LogP contribution in [0.5, 0.6) is 0 Å². The molecule has 7 heavy (non-hydrogen) atoms. The lowest BCUT2D eigenvalue weighted by Crippen LogP contribution is -1.96. The highest BCUT2D eigenvalue weighted by molar-refractivity contribution is 3.67. The maximum atomic E-state index is 7.45. The molecule has 0 unspecified atom stereocenters. The summed E-state index contributed by atoms with van der Waals surface area (Å²) in [5.74, 6) is 0. The zero-order valence-electron chi connectivity index (χ0n) is 3.23. The van der Waals surface area contributed by atoms with Crippen molar-refractivity contribution in [2.24, 2.45) is 0 Å². The first-order chi connectivity index (χ1) is 3.41. The molecule has 0 fully saturated rings. The number of hydrogen-bond donors (Lipinski definition) is 2. The van der Waals surface area contributed by atoms with Gasteiger partial charge in [-0.15, -0.1) is 0 Å². The van der Waals surface area contributed by atoms with Crippen LogP contribution >= 0.6 is 0 Å². The van der Waals surface area contributed by atoms with Gasteiger partial charge in [0.25, 0.3) is 0 Å². The van der Waals surface area contributed by atoms with Crippen LogP contribution in [0.4, 0.5) is 0 Å². The molecule has 0 rings (SSSR count). The lowest BCUT2D eigenvalue weighted by Gasteiger charge is -1.91. The first-order valence-corrected chi connectivity index (χ1v) is 1.28. The molecule has 0 amide bonds. The summed E-state index contributed by atoms with van der Waals surface area (Å²) in [5.41, 5.74) is 0. The largest absolute Gasteiger partial charge is 0.249 e. The second-order valence-corrected chi connectivity index (χ2v) is 0.507. The van der Waals surface area contributed by atoms with E-state index in [1.165, 1.54) is 0 Å². The fraction of sp³-hybridized carbons (Fsp3) is 1.00. The van der Waals surface area contributed by atoms with E-state index in [1.54, 1.807) is 0 Å². The Morgan fingerprint density at radius 2 is 2.00 bits per heavy atom. The Morgan fingerprint density at radius 3 is 2.43 bits per heavy atom. The standard InChI is InChI=1S/CH4O6/c2-4-1-5-7-6-3/h2-3H,1H2. The summed E-state index contributed by atoms with van der Waals surface area (Å²) in [6.45, 7) is -0.527. The molecule has 6 heteroatoms. The fourth-order valence-corrected chi connectivity index (χ4v) is 0.0627. The SMILES string of the molecule is OOCOOOO. The van der Waals surface area contributed by atoms with Gasteiger partial charge in [-0.05, 0) is 10.1 Å². The van der Waals surface area contributed by atoms with Gasteiger partial charge in [-0.2, -0.15) is 4.89 Å². The molecular formula is CH4O6. The van der Waals surface area contributed by atoms with Crippen LogP contribution in [0.1, 0.15) is 0 Å². The third-order valence-corrected chi connectivity index (χ3v) is 0.179. The van der Waals surface area contributed by atoms with Crippen molar-refractivity contribution in [3.05, 3.63) is 0 Å². The van der Waals surface area contributed by atoms with Gasteiger partial charge < -0.3 is 0 Å².